The topological polar surface area (TPSA) is 75.8 Å². The van der Waals surface area contributed by atoms with Crippen molar-refractivity contribution in [3.63, 3.8) is 0 Å². The molecule has 1 unspecified atom stereocenters. The molecule has 0 aromatic heterocycles. The predicted octanol–water partition coefficient (Wildman–Crippen LogP) is 2.12. The van der Waals surface area contributed by atoms with Crippen LogP contribution in [0.15, 0.2) is 18.2 Å². The summed E-state index contributed by atoms with van der Waals surface area (Å²) >= 11 is 0. The van der Waals surface area contributed by atoms with E-state index >= 15 is 0 Å². The van der Waals surface area contributed by atoms with E-state index in [2.05, 4.69) is 18.7 Å². The van der Waals surface area contributed by atoms with E-state index in [4.69, 9.17) is 15.6 Å². The number of hydrogen-bond donors (Lipinski definition) is 2. The van der Waals surface area contributed by atoms with E-state index in [0.717, 1.165) is 32.7 Å². The number of hydrogen-bond acceptors (Lipinski definition) is 4. The van der Waals surface area contributed by atoms with Gasteiger partial charge in [-0.05, 0) is 29.5 Å². The Labute approximate surface area is 125 Å². The number of carboxylic acid groups (broad SMARTS) is 1. The lowest BCUT2D eigenvalue weighted by atomic mass is 9.92. The summed E-state index contributed by atoms with van der Waals surface area (Å²) in [4.78, 5) is 13.4. The van der Waals surface area contributed by atoms with Gasteiger partial charge in [-0.25, -0.2) is 0 Å². The highest BCUT2D eigenvalue weighted by atomic mass is 16.5. The van der Waals surface area contributed by atoms with Gasteiger partial charge in [-0.3, -0.25) is 4.79 Å². The molecule has 1 aliphatic heterocycles. The van der Waals surface area contributed by atoms with E-state index in [9.17, 15) is 4.79 Å². The standard InChI is InChI=1S/C16H24N2O3/c1-3-11(2)13-10-12(15(17)16(19)20)4-5-14(13)18-6-8-21-9-7-18/h4-5,10-11,15H,3,6-9,17H2,1-2H3,(H,19,20)/t11?,15-/m0/s1. The van der Waals surface area contributed by atoms with Crippen LogP contribution >= 0.6 is 0 Å². The summed E-state index contributed by atoms with van der Waals surface area (Å²) in [6.07, 6.45) is 1.00. The Bertz CT molecular complexity index is 498. The Morgan fingerprint density at radius 3 is 2.67 bits per heavy atom. The van der Waals surface area contributed by atoms with Crippen molar-refractivity contribution in [2.75, 3.05) is 31.2 Å². The van der Waals surface area contributed by atoms with Gasteiger partial charge in [0.15, 0.2) is 0 Å². The molecule has 1 aromatic carbocycles. The van der Waals surface area contributed by atoms with Crippen molar-refractivity contribution in [3.8, 4) is 0 Å². The van der Waals surface area contributed by atoms with Crippen molar-refractivity contribution in [1.82, 2.24) is 0 Å². The van der Waals surface area contributed by atoms with Crippen LogP contribution < -0.4 is 10.6 Å². The molecule has 1 saturated heterocycles. The zero-order chi connectivity index (χ0) is 15.4. The first-order valence-electron chi connectivity index (χ1n) is 7.49. The number of aliphatic carboxylic acids is 1. The number of ether oxygens (including phenoxy) is 1. The van der Waals surface area contributed by atoms with Gasteiger partial charge in [0.05, 0.1) is 13.2 Å². The van der Waals surface area contributed by atoms with Crippen LogP contribution in [0.1, 0.15) is 43.4 Å². The van der Waals surface area contributed by atoms with Gasteiger partial charge in [0.25, 0.3) is 0 Å². The maximum atomic E-state index is 11.1. The van der Waals surface area contributed by atoms with Crippen molar-refractivity contribution >= 4 is 11.7 Å². The zero-order valence-corrected chi connectivity index (χ0v) is 12.7. The second-order valence-corrected chi connectivity index (χ2v) is 5.54. The Balaban J connectivity index is 2.37. The smallest absolute Gasteiger partial charge is 0.325 e. The van der Waals surface area contributed by atoms with E-state index in [1.54, 1.807) is 0 Å². The maximum absolute atomic E-state index is 11.1. The van der Waals surface area contributed by atoms with Crippen LogP contribution in [-0.4, -0.2) is 37.4 Å². The third-order valence-electron chi connectivity index (χ3n) is 4.17. The number of carbonyl (C=O) groups is 1. The van der Waals surface area contributed by atoms with Crippen LogP contribution in [0.25, 0.3) is 0 Å². The summed E-state index contributed by atoms with van der Waals surface area (Å²) in [5.74, 6) is -0.631. The molecule has 2 atom stereocenters. The van der Waals surface area contributed by atoms with Crippen molar-refractivity contribution in [2.45, 2.75) is 32.2 Å². The van der Waals surface area contributed by atoms with Crippen LogP contribution in [-0.2, 0) is 9.53 Å². The molecule has 5 nitrogen and oxygen atoms in total. The fourth-order valence-electron chi connectivity index (χ4n) is 2.62. The molecule has 5 heteroatoms. The first kappa shape index (κ1) is 15.8. The van der Waals surface area contributed by atoms with Gasteiger partial charge in [0, 0.05) is 18.8 Å². The van der Waals surface area contributed by atoms with Crippen LogP contribution in [0, 0.1) is 0 Å². The highest BCUT2D eigenvalue weighted by molar-refractivity contribution is 5.76. The Kier molecular flexibility index (Phi) is 5.20. The minimum Gasteiger partial charge on any atom is -0.480 e. The van der Waals surface area contributed by atoms with E-state index in [1.807, 2.05) is 18.2 Å². The highest BCUT2D eigenvalue weighted by Crippen LogP contribution is 2.32. The molecule has 21 heavy (non-hydrogen) atoms. The number of anilines is 1. The summed E-state index contributed by atoms with van der Waals surface area (Å²) in [5, 5.41) is 9.09. The van der Waals surface area contributed by atoms with Gasteiger partial charge in [-0.1, -0.05) is 26.0 Å². The Morgan fingerprint density at radius 2 is 2.10 bits per heavy atom. The van der Waals surface area contributed by atoms with Crippen molar-refractivity contribution in [2.24, 2.45) is 5.73 Å². The maximum Gasteiger partial charge on any atom is 0.325 e. The molecule has 0 bridgehead atoms. The Hall–Kier alpha value is -1.59. The fraction of sp³-hybridized carbons (Fsp3) is 0.562. The van der Waals surface area contributed by atoms with Gasteiger partial charge >= 0.3 is 5.97 Å². The van der Waals surface area contributed by atoms with Crippen molar-refractivity contribution in [1.29, 1.82) is 0 Å². The molecule has 0 aliphatic carbocycles. The van der Waals surface area contributed by atoms with Crippen LogP contribution in [0.2, 0.25) is 0 Å². The number of rotatable bonds is 5. The molecule has 0 spiro atoms. The van der Waals surface area contributed by atoms with Crippen LogP contribution in [0.5, 0.6) is 0 Å². The molecule has 2 rings (SSSR count). The summed E-state index contributed by atoms with van der Waals surface area (Å²) < 4.78 is 5.40. The van der Waals surface area contributed by atoms with Gasteiger partial charge < -0.3 is 20.5 Å². The minimum absolute atomic E-state index is 0.365. The lowest BCUT2D eigenvalue weighted by molar-refractivity contribution is -0.138. The normalized spacial score (nSPS) is 18.3. The van der Waals surface area contributed by atoms with Gasteiger partial charge in [0.1, 0.15) is 6.04 Å². The summed E-state index contributed by atoms with van der Waals surface area (Å²) in [6.45, 7) is 7.50. The number of morpholine rings is 1. The fourth-order valence-corrected chi connectivity index (χ4v) is 2.62. The van der Waals surface area contributed by atoms with E-state index in [0.29, 0.717) is 11.5 Å². The first-order chi connectivity index (χ1) is 10.0. The molecular formula is C16H24N2O3. The Morgan fingerprint density at radius 1 is 1.43 bits per heavy atom. The molecule has 0 amide bonds. The average Bonchev–Trinajstić information content (AvgIpc) is 2.53. The third kappa shape index (κ3) is 3.54. The lowest BCUT2D eigenvalue weighted by Crippen LogP contribution is -2.37. The second kappa shape index (κ2) is 6.91. The van der Waals surface area contributed by atoms with Gasteiger partial charge in [-0.15, -0.1) is 0 Å². The number of nitrogens with two attached hydrogens (primary N) is 1. The van der Waals surface area contributed by atoms with E-state index in [1.165, 1.54) is 11.3 Å². The lowest BCUT2D eigenvalue weighted by Gasteiger charge is -2.32. The monoisotopic (exact) mass is 292 g/mol. The molecular weight excluding hydrogens is 268 g/mol. The van der Waals surface area contributed by atoms with E-state index < -0.39 is 12.0 Å². The van der Waals surface area contributed by atoms with Crippen molar-refractivity contribution < 1.29 is 14.6 Å². The molecule has 1 aromatic rings. The van der Waals surface area contributed by atoms with Gasteiger partial charge in [-0.2, -0.15) is 0 Å². The number of nitrogens with zero attached hydrogens (tertiary/aromatic N) is 1. The number of carboxylic acids is 1. The largest absolute Gasteiger partial charge is 0.480 e. The van der Waals surface area contributed by atoms with Crippen LogP contribution in [0.4, 0.5) is 5.69 Å². The van der Waals surface area contributed by atoms with Crippen molar-refractivity contribution in [3.05, 3.63) is 29.3 Å². The molecule has 0 saturated carbocycles. The molecule has 0 radical (unpaired) electrons. The quantitative estimate of drug-likeness (QED) is 0.869. The molecule has 1 heterocycles. The first-order valence-corrected chi connectivity index (χ1v) is 7.49. The second-order valence-electron chi connectivity index (χ2n) is 5.54. The zero-order valence-electron chi connectivity index (χ0n) is 12.7. The number of benzene rings is 1. The average molecular weight is 292 g/mol. The highest BCUT2D eigenvalue weighted by Gasteiger charge is 2.21. The van der Waals surface area contributed by atoms with Crippen LogP contribution in [0.3, 0.4) is 0 Å². The molecule has 1 fully saturated rings. The minimum atomic E-state index is -0.996. The predicted molar refractivity (Wildman–Crippen MR) is 82.7 cm³/mol. The SMILES string of the molecule is CCC(C)c1cc([C@H](N)C(=O)O)ccc1N1CCOCC1. The molecule has 1 aliphatic rings. The summed E-state index contributed by atoms with van der Waals surface area (Å²) in [7, 11) is 0. The summed E-state index contributed by atoms with van der Waals surface area (Å²) in [6, 6.07) is 4.82. The third-order valence-corrected chi connectivity index (χ3v) is 4.17. The van der Waals surface area contributed by atoms with E-state index in [-0.39, 0.29) is 0 Å². The van der Waals surface area contributed by atoms with Gasteiger partial charge in [0.2, 0.25) is 0 Å². The summed E-state index contributed by atoms with van der Waals surface area (Å²) in [5.41, 5.74) is 8.76. The molecule has 116 valence electrons. The molecule has 3 N–H and O–H groups in total.